The molecule has 0 saturated heterocycles. The molecule has 0 saturated carbocycles. The third-order valence-corrected chi connectivity index (χ3v) is 3.32. The van der Waals surface area contributed by atoms with Crippen molar-refractivity contribution >= 4 is 28.8 Å². The van der Waals surface area contributed by atoms with Crippen molar-refractivity contribution in [3.8, 4) is 0 Å². The van der Waals surface area contributed by atoms with E-state index < -0.39 is 4.92 Å². The van der Waals surface area contributed by atoms with Gasteiger partial charge in [0.25, 0.3) is 5.69 Å². The number of aromatic nitrogens is 2. The van der Waals surface area contributed by atoms with Gasteiger partial charge in [-0.25, -0.2) is 9.97 Å². The van der Waals surface area contributed by atoms with E-state index in [2.05, 4.69) is 15.3 Å². The number of nitrogens with zero attached hydrogens (tertiary/aromatic N) is 3. The van der Waals surface area contributed by atoms with Gasteiger partial charge in [-0.05, 0) is 13.0 Å². The van der Waals surface area contributed by atoms with E-state index in [1.165, 1.54) is 6.07 Å². The highest BCUT2D eigenvalue weighted by Crippen LogP contribution is 2.29. The molecule has 0 aliphatic carbocycles. The molecule has 0 fully saturated rings. The summed E-state index contributed by atoms with van der Waals surface area (Å²) >= 11 is 6.04. The van der Waals surface area contributed by atoms with Crippen LogP contribution in [0.3, 0.4) is 0 Å². The molecule has 0 amide bonds. The molecule has 1 aromatic carbocycles. The Morgan fingerprint density at radius 2 is 1.95 bits per heavy atom. The SMILES string of the molecule is Cc1c(Nc2cc(Cl)nc(C(C)(C)C)n2)cccc1[N+](=O)[O-]. The predicted octanol–water partition coefficient (Wildman–Crippen LogP) is 4.39. The predicted molar refractivity (Wildman–Crippen MR) is 86.9 cm³/mol. The molecule has 0 unspecified atom stereocenters. The van der Waals surface area contributed by atoms with Gasteiger partial charge in [-0.15, -0.1) is 0 Å². The van der Waals surface area contributed by atoms with Gasteiger partial charge in [0.2, 0.25) is 0 Å². The van der Waals surface area contributed by atoms with Crippen LogP contribution in [-0.4, -0.2) is 14.9 Å². The molecule has 22 heavy (non-hydrogen) atoms. The first-order valence-corrected chi connectivity index (χ1v) is 7.12. The zero-order valence-corrected chi connectivity index (χ0v) is 13.6. The van der Waals surface area contributed by atoms with Gasteiger partial charge in [-0.3, -0.25) is 10.1 Å². The molecule has 7 heteroatoms. The van der Waals surface area contributed by atoms with E-state index in [9.17, 15) is 10.1 Å². The summed E-state index contributed by atoms with van der Waals surface area (Å²) in [5, 5.41) is 14.4. The number of nitrogens with one attached hydrogen (secondary N) is 1. The highest BCUT2D eigenvalue weighted by Gasteiger charge is 2.19. The monoisotopic (exact) mass is 320 g/mol. The summed E-state index contributed by atoms with van der Waals surface area (Å²) in [6, 6.07) is 6.44. The van der Waals surface area contributed by atoms with Gasteiger partial charge in [0.1, 0.15) is 16.8 Å². The van der Waals surface area contributed by atoms with Gasteiger partial charge < -0.3 is 5.32 Å². The minimum atomic E-state index is -0.409. The Bertz CT molecular complexity index is 726. The molecule has 1 aromatic heterocycles. The molecule has 6 nitrogen and oxygen atoms in total. The van der Waals surface area contributed by atoms with Crippen molar-refractivity contribution in [3.05, 3.63) is 50.9 Å². The second kappa shape index (κ2) is 5.88. The first-order chi connectivity index (χ1) is 10.2. The molecule has 0 bridgehead atoms. The number of rotatable bonds is 3. The van der Waals surface area contributed by atoms with Crippen molar-refractivity contribution in [1.82, 2.24) is 9.97 Å². The topological polar surface area (TPSA) is 81.0 Å². The van der Waals surface area contributed by atoms with E-state index in [1.54, 1.807) is 25.1 Å². The van der Waals surface area contributed by atoms with Crippen LogP contribution in [0, 0.1) is 17.0 Å². The highest BCUT2D eigenvalue weighted by atomic mass is 35.5. The Balaban J connectivity index is 2.42. The fourth-order valence-corrected chi connectivity index (χ4v) is 2.10. The van der Waals surface area contributed by atoms with Gasteiger partial charge >= 0.3 is 0 Å². The molecule has 1 N–H and O–H groups in total. The van der Waals surface area contributed by atoms with Crippen LogP contribution in [0.25, 0.3) is 0 Å². The second-order valence-electron chi connectivity index (χ2n) is 5.98. The van der Waals surface area contributed by atoms with Gasteiger partial charge in [0.15, 0.2) is 0 Å². The van der Waals surface area contributed by atoms with Crippen molar-refractivity contribution in [2.45, 2.75) is 33.1 Å². The maximum absolute atomic E-state index is 11.0. The number of benzene rings is 1. The Hall–Kier alpha value is -2.21. The minimum Gasteiger partial charge on any atom is -0.340 e. The van der Waals surface area contributed by atoms with Crippen molar-refractivity contribution in [1.29, 1.82) is 0 Å². The highest BCUT2D eigenvalue weighted by molar-refractivity contribution is 6.29. The first kappa shape index (κ1) is 16.2. The second-order valence-corrected chi connectivity index (χ2v) is 6.37. The maximum Gasteiger partial charge on any atom is 0.274 e. The van der Waals surface area contributed by atoms with Crippen LogP contribution in [0.5, 0.6) is 0 Å². The number of nitro benzene ring substituents is 1. The fraction of sp³-hybridized carbons (Fsp3) is 0.333. The summed E-state index contributed by atoms with van der Waals surface area (Å²) in [6.45, 7) is 7.65. The van der Waals surface area contributed by atoms with Gasteiger partial charge in [-0.1, -0.05) is 38.4 Å². The minimum absolute atomic E-state index is 0.0567. The van der Waals surface area contributed by atoms with E-state index in [1.807, 2.05) is 20.8 Å². The summed E-state index contributed by atoms with van der Waals surface area (Å²) < 4.78 is 0. The molecule has 0 spiro atoms. The largest absolute Gasteiger partial charge is 0.340 e. The van der Waals surface area contributed by atoms with Crippen molar-refractivity contribution < 1.29 is 4.92 Å². The van der Waals surface area contributed by atoms with Crippen molar-refractivity contribution in [2.24, 2.45) is 0 Å². The van der Waals surface area contributed by atoms with Crippen LogP contribution < -0.4 is 5.32 Å². The van der Waals surface area contributed by atoms with Crippen molar-refractivity contribution in [3.63, 3.8) is 0 Å². The van der Waals surface area contributed by atoms with Crippen LogP contribution in [0.4, 0.5) is 17.2 Å². The molecular weight excluding hydrogens is 304 g/mol. The Kier molecular flexibility index (Phi) is 4.32. The number of hydrogen-bond acceptors (Lipinski definition) is 5. The smallest absolute Gasteiger partial charge is 0.274 e. The number of hydrogen-bond donors (Lipinski definition) is 1. The summed E-state index contributed by atoms with van der Waals surface area (Å²) in [5.41, 5.74) is 0.962. The zero-order chi connectivity index (χ0) is 16.5. The van der Waals surface area contributed by atoms with Crippen molar-refractivity contribution in [2.75, 3.05) is 5.32 Å². The standard InChI is InChI=1S/C15H17ClN4O2/c1-9-10(6-5-7-11(9)20(21)22)17-13-8-12(16)18-14(19-13)15(2,3)4/h5-8H,1-4H3,(H,17,18,19). The molecule has 2 aromatic rings. The molecule has 0 aliphatic heterocycles. The molecule has 2 rings (SSSR count). The Labute approximate surface area is 133 Å². The van der Waals surface area contributed by atoms with E-state index in [4.69, 9.17) is 11.6 Å². The van der Waals surface area contributed by atoms with Crippen LogP contribution >= 0.6 is 11.6 Å². The van der Waals surface area contributed by atoms with E-state index in [-0.39, 0.29) is 11.1 Å². The Morgan fingerprint density at radius 3 is 2.55 bits per heavy atom. The molecular formula is C15H17ClN4O2. The lowest BCUT2D eigenvalue weighted by Gasteiger charge is -2.18. The fourth-order valence-electron chi connectivity index (χ4n) is 1.91. The maximum atomic E-state index is 11.0. The van der Waals surface area contributed by atoms with Crippen LogP contribution in [0.2, 0.25) is 5.15 Å². The molecule has 0 radical (unpaired) electrons. The lowest BCUT2D eigenvalue weighted by Crippen LogP contribution is -2.17. The number of anilines is 2. The molecule has 116 valence electrons. The number of halogens is 1. The average molecular weight is 321 g/mol. The van der Waals surface area contributed by atoms with E-state index in [0.717, 1.165) is 0 Å². The third-order valence-electron chi connectivity index (χ3n) is 3.13. The third kappa shape index (κ3) is 3.51. The van der Waals surface area contributed by atoms with Gasteiger partial charge in [-0.2, -0.15) is 0 Å². The van der Waals surface area contributed by atoms with Gasteiger partial charge in [0.05, 0.1) is 10.5 Å². The van der Waals surface area contributed by atoms with E-state index >= 15 is 0 Å². The quantitative estimate of drug-likeness (QED) is 0.515. The Morgan fingerprint density at radius 1 is 1.27 bits per heavy atom. The van der Waals surface area contributed by atoms with Gasteiger partial charge in [0, 0.05) is 23.2 Å². The zero-order valence-electron chi connectivity index (χ0n) is 12.8. The lowest BCUT2D eigenvalue weighted by molar-refractivity contribution is -0.385. The average Bonchev–Trinajstić information content (AvgIpc) is 2.39. The summed E-state index contributed by atoms with van der Waals surface area (Å²) in [6.07, 6.45) is 0. The van der Waals surface area contributed by atoms with Crippen LogP contribution in [0.1, 0.15) is 32.2 Å². The summed E-state index contributed by atoms with van der Waals surface area (Å²) in [4.78, 5) is 19.2. The molecule has 0 aliphatic rings. The van der Waals surface area contributed by atoms with Crippen LogP contribution in [0.15, 0.2) is 24.3 Å². The normalized spacial score (nSPS) is 11.3. The summed E-state index contributed by atoms with van der Waals surface area (Å²) in [5.74, 6) is 1.11. The van der Waals surface area contributed by atoms with Crippen LogP contribution in [-0.2, 0) is 5.41 Å². The van der Waals surface area contributed by atoms with E-state index in [0.29, 0.717) is 28.0 Å². The summed E-state index contributed by atoms with van der Waals surface area (Å²) in [7, 11) is 0. The molecule has 0 atom stereocenters. The molecule has 1 heterocycles. The number of nitro groups is 1. The lowest BCUT2D eigenvalue weighted by atomic mass is 9.96. The first-order valence-electron chi connectivity index (χ1n) is 6.74.